The molecule has 2 N–H and O–H groups in total. The molecule has 0 amide bonds. The van der Waals surface area contributed by atoms with E-state index in [-0.39, 0.29) is 12.0 Å². The summed E-state index contributed by atoms with van der Waals surface area (Å²) in [7, 11) is -3.44. The minimum absolute atomic E-state index is 0.0444. The second-order valence-electron chi connectivity index (χ2n) is 3.71. The van der Waals surface area contributed by atoms with Crippen molar-refractivity contribution in [2.75, 3.05) is 18.9 Å². The molecule has 1 rings (SSSR count). The molecule has 0 aromatic carbocycles. The van der Waals surface area contributed by atoms with Crippen LogP contribution in [0.3, 0.4) is 0 Å². The van der Waals surface area contributed by atoms with Crippen molar-refractivity contribution in [3.05, 3.63) is 0 Å². The summed E-state index contributed by atoms with van der Waals surface area (Å²) < 4.78 is 24.6. The Morgan fingerprint density at radius 1 is 1.50 bits per heavy atom. The number of aliphatic hydroxyl groups excluding tert-OH is 1. The van der Waals surface area contributed by atoms with Crippen LogP contribution in [0.5, 0.6) is 0 Å². The lowest BCUT2D eigenvalue weighted by molar-refractivity contribution is 0.249. The zero-order chi connectivity index (χ0) is 10.7. The van der Waals surface area contributed by atoms with Gasteiger partial charge >= 0.3 is 0 Å². The molecule has 0 saturated heterocycles. The molecule has 0 spiro atoms. The lowest BCUT2D eigenvalue weighted by Crippen LogP contribution is -2.32. The molecule has 0 aliphatic heterocycles. The van der Waals surface area contributed by atoms with E-state index in [1.54, 1.807) is 6.07 Å². The third-order valence-corrected chi connectivity index (χ3v) is 3.61. The van der Waals surface area contributed by atoms with Crippen molar-refractivity contribution in [1.29, 1.82) is 5.26 Å². The summed E-state index contributed by atoms with van der Waals surface area (Å²) >= 11 is 0. The molecule has 0 unspecified atom stereocenters. The molecule has 0 aromatic heterocycles. The summed E-state index contributed by atoms with van der Waals surface area (Å²) in [6.45, 7) is 0.428. The van der Waals surface area contributed by atoms with E-state index in [1.807, 2.05) is 0 Å². The van der Waals surface area contributed by atoms with Gasteiger partial charge in [0.05, 0.1) is 6.07 Å². The van der Waals surface area contributed by atoms with E-state index in [9.17, 15) is 8.42 Å². The first-order chi connectivity index (χ1) is 6.54. The molecule has 1 fully saturated rings. The fourth-order valence-corrected chi connectivity index (χ4v) is 2.13. The summed E-state index contributed by atoms with van der Waals surface area (Å²) in [5.74, 6) is -0.498. The van der Waals surface area contributed by atoms with E-state index in [0.717, 1.165) is 12.8 Å². The maximum Gasteiger partial charge on any atom is 0.225 e. The molecular formula is C8H14N2O3S. The van der Waals surface area contributed by atoms with Gasteiger partial charge in [-0.3, -0.25) is 0 Å². The normalized spacial score (nSPS) is 18.9. The van der Waals surface area contributed by atoms with E-state index in [4.69, 9.17) is 10.4 Å². The third kappa shape index (κ3) is 3.25. The standard InChI is InChI=1S/C8H14N2O3S/c9-4-6-14(12,13)10-7-8(1-2-8)3-5-11/h10-11H,1-3,5-7H2. The fourth-order valence-electron chi connectivity index (χ4n) is 1.33. The van der Waals surface area contributed by atoms with Crippen molar-refractivity contribution < 1.29 is 13.5 Å². The van der Waals surface area contributed by atoms with Gasteiger partial charge in [-0.05, 0) is 24.7 Å². The van der Waals surface area contributed by atoms with Crippen molar-refractivity contribution in [3.63, 3.8) is 0 Å². The lowest BCUT2D eigenvalue weighted by atomic mass is 10.0. The zero-order valence-corrected chi connectivity index (χ0v) is 8.68. The van der Waals surface area contributed by atoms with Gasteiger partial charge in [0.25, 0.3) is 0 Å². The first-order valence-corrected chi connectivity index (χ1v) is 6.14. The SMILES string of the molecule is N#CCS(=O)(=O)NCC1(CCO)CC1. The number of hydrogen-bond donors (Lipinski definition) is 2. The topological polar surface area (TPSA) is 90.2 Å². The van der Waals surface area contributed by atoms with Gasteiger partial charge in [-0.15, -0.1) is 0 Å². The van der Waals surface area contributed by atoms with E-state index < -0.39 is 15.8 Å². The Morgan fingerprint density at radius 3 is 2.57 bits per heavy atom. The van der Waals surface area contributed by atoms with Crippen LogP contribution in [0, 0.1) is 16.7 Å². The number of hydrogen-bond acceptors (Lipinski definition) is 4. The van der Waals surface area contributed by atoms with Gasteiger partial charge < -0.3 is 5.11 Å². The van der Waals surface area contributed by atoms with Crippen molar-refractivity contribution in [1.82, 2.24) is 4.72 Å². The van der Waals surface area contributed by atoms with Crippen LogP contribution in [-0.4, -0.2) is 32.4 Å². The van der Waals surface area contributed by atoms with Crippen molar-refractivity contribution in [2.45, 2.75) is 19.3 Å². The van der Waals surface area contributed by atoms with Gasteiger partial charge in [-0.1, -0.05) is 0 Å². The van der Waals surface area contributed by atoms with E-state index in [0.29, 0.717) is 13.0 Å². The summed E-state index contributed by atoms with van der Waals surface area (Å²) in [5.41, 5.74) is -0.0444. The third-order valence-electron chi connectivity index (χ3n) is 2.52. The van der Waals surface area contributed by atoms with Crippen LogP contribution in [0.2, 0.25) is 0 Å². The Kier molecular flexibility index (Phi) is 3.48. The number of nitrogens with one attached hydrogen (secondary N) is 1. The summed E-state index contributed by atoms with van der Waals surface area (Å²) in [6.07, 6.45) is 2.52. The molecule has 0 radical (unpaired) electrons. The second kappa shape index (κ2) is 4.26. The van der Waals surface area contributed by atoms with Crippen LogP contribution in [0.1, 0.15) is 19.3 Å². The zero-order valence-electron chi connectivity index (χ0n) is 7.86. The molecule has 14 heavy (non-hydrogen) atoms. The summed E-state index contributed by atoms with van der Waals surface area (Å²) in [4.78, 5) is 0. The van der Waals surface area contributed by atoms with Gasteiger partial charge in [0.1, 0.15) is 0 Å². The monoisotopic (exact) mass is 218 g/mol. The fraction of sp³-hybridized carbons (Fsp3) is 0.875. The predicted molar refractivity (Wildman–Crippen MR) is 50.8 cm³/mol. The number of nitriles is 1. The molecule has 80 valence electrons. The van der Waals surface area contributed by atoms with Gasteiger partial charge in [-0.25, -0.2) is 13.1 Å². The van der Waals surface area contributed by atoms with E-state index in [2.05, 4.69) is 4.72 Å². The number of rotatable bonds is 6. The quantitative estimate of drug-likeness (QED) is 0.634. The molecule has 0 bridgehead atoms. The number of nitrogens with zero attached hydrogens (tertiary/aromatic N) is 1. The van der Waals surface area contributed by atoms with Gasteiger partial charge in [0, 0.05) is 13.2 Å². The van der Waals surface area contributed by atoms with Crippen LogP contribution in [-0.2, 0) is 10.0 Å². The highest BCUT2D eigenvalue weighted by atomic mass is 32.2. The average Bonchev–Trinajstić information content (AvgIpc) is 2.83. The minimum Gasteiger partial charge on any atom is -0.396 e. The molecule has 1 aliphatic carbocycles. The predicted octanol–water partition coefficient (Wildman–Crippen LogP) is -0.408. The molecule has 0 atom stereocenters. The Morgan fingerprint density at radius 2 is 2.14 bits per heavy atom. The molecule has 5 nitrogen and oxygen atoms in total. The molecule has 1 saturated carbocycles. The van der Waals surface area contributed by atoms with Crippen LogP contribution >= 0.6 is 0 Å². The summed E-state index contributed by atoms with van der Waals surface area (Å²) in [6, 6.07) is 1.60. The average molecular weight is 218 g/mol. The van der Waals surface area contributed by atoms with Crippen LogP contribution in [0.25, 0.3) is 0 Å². The first-order valence-electron chi connectivity index (χ1n) is 4.49. The molecule has 6 heteroatoms. The van der Waals surface area contributed by atoms with Gasteiger partial charge in [0.15, 0.2) is 5.75 Å². The minimum atomic E-state index is -3.44. The van der Waals surface area contributed by atoms with Gasteiger partial charge in [-0.2, -0.15) is 5.26 Å². The Balaban J connectivity index is 2.38. The van der Waals surface area contributed by atoms with E-state index in [1.165, 1.54) is 0 Å². The summed E-state index contributed by atoms with van der Waals surface area (Å²) in [5, 5.41) is 17.0. The molecule has 0 aromatic rings. The Bertz CT molecular complexity index is 327. The Labute approximate surface area is 83.8 Å². The second-order valence-corrected chi connectivity index (χ2v) is 5.52. The van der Waals surface area contributed by atoms with Crippen LogP contribution < -0.4 is 4.72 Å². The molecular weight excluding hydrogens is 204 g/mol. The Hall–Kier alpha value is -0.640. The molecule has 0 heterocycles. The smallest absolute Gasteiger partial charge is 0.225 e. The lowest BCUT2D eigenvalue weighted by Gasteiger charge is -2.13. The van der Waals surface area contributed by atoms with E-state index >= 15 is 0 Å². The maximum absolute atomic E-state index is 11.1. The highest BCUT2D eigenvalue weighted by Crippen LogP contribution is 2.47. The highest BCUT2D eigenvalue weighted by Gasteiger charge is 2.42. The van der Waals surface area contributed by atoms with Crippen molar-refractivity contribution >= 4 is 10.0 Å². The van der Waals surface area contributed by atoms with Gasteiger partial charge in [0.2, 0.25) is 10.0 Å². The number of aliphatic hydroxyl groups is 1. The van der Waals surface area contributed by atoms with Crippen LogP contribution in [0.15, 0.2) is 0 Å². The van der Waals surface area contributed by atoms with Crippen LogP contribution in [0.4, 0.5) is 0 Å². The first kappa shape index (κ1) is 11.4. The maximum atomic E-state index is 11.1. The number of sulfonamides is 1. The van der Waals surface area contributed by atoms with Crippen molar-refractivity contribution in [3.8, 4) is 6.07 Å². The van der Waals surface area contributed by atoms with Crippen molar-refractivity contribution in [2.24, 2.45) is 5.41 Å². The highest BCUT2D eigenvalue weighted by molar-refractivity contribution is 7.89. The largest absolute Gasteiger partial charge is 0.396 e. The molecule has 1 aliphatic rings.